The molecule has 0 aliphatic heterocycles. The summed E-state index contributed by atoms with van der Waals surface area (Å²) in [5.41, 5.74) is 17.2. The Labute approximate surface area is 329 Å². The summed E-state index contributed by atoms with van der Waals surface area (Å²) in [6, 6.07) is 70.9. The first kappa shape index (κ1) is 31.4. The first-order valence-corrected chi connectivity index (χ1v) is 20.0. The van der Waals surface area contributed by atoms with Crippen molar-refractivity contribution in [1.82, 2.24) is 9.97 Å². The third-order valence-corrected chi connectivity index (χ3v) is 13.1. The van der Waals surface area contributed by atoms with E-state index in [2.05, 4.69) is 188 Å². The van der Waals surface area contributed by atoms with Gasteiger partial charge in [0.1, 0.15) is 0 Å². The Hall–Kier alpha value is -6.94. The van der Waals surface area contributed by atoms with Crippen LogP contribution in [0, 0.1) is 0 Å². The van der Waals surface area contributed by atoms with E-state index < -0.39 is 5.41 Å². The number of rotatable bonds is 3. The molecule has 260 valence electrons. The number of fused-ring (bicyclic) bond motifs is 16. The minimum absolute atomic E-state index is 0.602. The van der Waals surface area contributed by atoms with Crippen molar-refractivity contribution < 1.29 is 0 Å². The number of nitrogens with zero attached hydrogens (tertiary/aromatic N) is 2. The summed E-state index contributed by atoms with van der Waals surface area (Å²) in [5.74, 6) is 0.714. The van der Waals surface area contributed by atoms with E-state index in [1.54, 1.807) is 0 Å². The van der Waals surface area contributed by atoms with Gasteiger partial charge in [-0.15, -0.1) is 11.3 Å². The summed E-state index contributed by atoms with van der Waals surface area (Å²) < 4.78 is 2.67. The van der Waals surface area contributed by atoms with Gasteiger partial charge in [0.05, 0.1) is 16.8 Å². The molecule has 2 heterocycles. The number of aromatic nitrogens is 2. The molecule has 1 spiro atoms. The predicted molar refractivity (Wildman–Crippen MR) is 233 cm³/mol. The minimum Gasteiger partial charge on any atom is -0.228 e. The molecule has 8 aromatic carbocycles. The standard InChI is InChI=1S/C53H32N2S/c1-3-15-33(16-4-1)47-32-48(55-52(54-47)34-17-5-2-6-18-34)35-27-28-39-37-20-8-7-19-36(37)38-21-9-12-24-43(38)53(46(39)31-35)44-25-13-10-23-42(44)50-45(53)30-29-41-40-22-11-14-26-49(40)56-51(41)50/h1-32H. The van der Waals surface area contributed by atoms with Gasteiger partial charge in [-0.2, -0.15) is 0 Å². The zero-order valence-electron chi connectivity index (χ0n) is 30.3. The topological polar surface area (TPSA) is 25.8 Å². The van der Waals surface area contributed by atoms with Crippen LogP contribution in [0.4, 0.5) is 0 Å². The van der Waals surface area contributed by atoms with Gasteiger partial charge in [-0.25, -0.2) is 9.97 Å². The lowest BCUT2D eigenvalue weighted by Crippen LogP contribution is -2.29. The van der Waals surface area contributed by atoms with Crippen LogP contribution in [0.25, 0.3) is 87.5 Å². The van der Waals surface area contributed by atoms with Gasteiger partial charge in [0.25, 0.3) is 0 Å². The number of hydrogen-bond acceptors (Lipinski definition) is 3. The van der Waals surface area contributed by atoms with Crippen molar-refractivity contribution in [3.8, 4) is 67.3 Å². The molecule has 0 bridgehead atoms. The lowest BCUT2D eigenvalue weighted by atomic mass is 9.65. The van der Waals surface area contributed by atoms with Crippen molar-refractivity contribution in [2.75, 3.05) is 0 Å². The van der Waals surface area contributed by atoms with Crippen molar-refractivity contribution in [2.24, 2.45) is 0 Å². The second-order valence-electron chi connectivity index (χ2n) is 14.8. The van der Waals surface area contributed by atoms with Crippen LogP contribution in [0.15, 0.2) is 194 Å². The molecule has 0 N–H and O–H groups in total. The fraction of sp³-hybridized carbons (Fsp3) is 0.0189. The van der Waals surface area contributed by atoms with Gasteiger partial charge >= 0.3 is 0 Å². The van der Waals surface area contributed by atoms with Gasteiger partial charge in [-0.1, -0.05) is 176 Å². The third kappa shape index (κ3) is 4.38. The molecule has 2 aliphatic carbocycles. The summed E-state index contributed by atoms with van der Waals surface area (Å²) >= 11 is 1.92. The van der Waals surface area contributed by atoms with Gasteiger partial charge in [0, 0.05) is 42.4 Å². The molecule has 0 saturated heterocycles. The Kier molecular flexibility index (Phi) is 6.75. The first-order valence-electron chi connectivity index (χ1n) is 19.2. The molecule has 1 atom stereocenters. The highest BCUT2D eigenvalue weighted by atomic mass is 32.1. The van der Waals surface area contributed by atoms with E-state index in [-0.39, 0.29) is 0 Å². The van der Waals surface area contributed by atoms with Gasteiger partial charge < -0.3 is 0 Å². The SMILES string of the molecule is c1ccc(-c2cc(-c3ccc4c(c3)C3(c5ccccc5-c5ccccc5-4)c4ccccc4-c4c3ccc3c4sc4ccccc43)nc(-c3ccccc3)n2)cc1. The zero-order valence-corrected chi connectivity index (χ0v) is 31.1. The molecule has 2 aliphatic rings. The predicted octanol–water partition coefficient (Wildman–Crippen LogP) is 13.9. The van der Waals surface area contributed by atoms with E-state index >= 15 is 0 Å². The summed E-state index contributed by atoms with van der Waals surface area (Å²) in [6.45, 7) is 0. The van der Waals surface area contributed by atoms with Crippen LogP contribution in [-0.2, 0) is 5.41 Å². The van der Waals surface area contributed by atoms with Gasteiger partial charge in [0.15, 0.2) is 5.82 Å². The average Bonchev–Trinajstić information content (AvgIpc) is 3.77. The molecular formula is C53H32N2S. The van der Waals surface area contributed by atoms with Crippen LogP contribution in [0.5, 0.6) is 0 Å². The van der Waals surface area contributed by atoms with Crippen LogP contribution in [-0.4, -0.2) is 9.97 Å². The van der Waals surface area contributed by atoms with Gasteiger partial charge in [-0.05, 0) is 68.3 Å². The maximum absolute atomic E-state index is 5.32. The van der Waals surface area contributed by atoms with E-state index in [4.69, 9.17) is 9.97 Å². The van der Waals surface area contributed by atoms with Crippen LogP contribution in [0.2, 0.25) is 0 Å². The third-order valence-electron chi connectivity index (χ3n) is 11.9. The summed E-state index contributed by atoms with van der Waals surface area (Å²) in [5, 5.41) is 2.63. The minimum atomic E-state index is -0.602. The van der Waals surface area contributed by atoms with Crippen molar-refractivity contribution in [3.05, 3.63) is 216 Å². The first-order chi connectivity index (χ1) is 27.8. The molecule has 12 rings (SSSR count). The molecule has 1 unspecified atom stereocenters. The van der Waals surface area contributed by atoms with E-state index in [0.717, 1.165) is 28.1 Å². The van der Waals surface area contributed by atoms with E-state index in [9.17, 15) is 0 Å². The van der Waals surface area contributed by atoms with Crippen molar-refractivity contribution in [1.29, 1.82) is 0 Å². The van der Waals surface area contributed by atoms with E-state index in [0.29, 0.717) is 5.82 Å². The molecule has 2 aromatic heterocycles. The van der Waals surface area contributed by atoms with Crippen LogP contribution < -0.4 is 0 Å². The highest BCUT2D eigenvalue weighted by molar-refractivity contribution is 7.26. The van der Waals surface area contributed by atoms with Gasteiger partial charge in [-0.3, -0.25) is 0 Å². The van der Waals surface area contributed by atoms with Crippen molar-refractivity contribution in [3.63, 3.8) is 0 Å². The molecule has 0 radical (unpaired) electrons. The Bertz CT molecular complexity index is 3140. The average molecular weight is 729 g/mol. The molecule has 0 amide bonds. The van der Waals surface area contributed by atoms with Gasteiger partial charge in [0.2, 0.25) is 0 Å². The molecule has 0 fully saturated rings. The molecule has 56 heavy (non-hydrogen) atoms. The number of benzene rings is 8. The quantitative estimate of drug-likeness (QED) is 0.181. The maximum atomic E-state index is 5.32. The highest BCUT2D eigenvalue weighted by Gasteiger charge is 2.50. The zero-order chi connectivity index (χ0) is 36.8. The smallest absolute Gasteiger partial charge is 0.160 e. The molecule has 2 nitrogen and oxygen atoms in total. The lowest BCUT2D eigenvalue weighted by molar-refractivity contribution is 0.776. The highest BCUT2D eigenvalue weighted by Crippen LogP contribution is 2.63. The normalized spacial score (nSPS) is 14.9. The Morgan fingerprint density at radius 3 is 1.68 bits per heavy atom. The van der Waals surface area contributed by atoms with Crippen molar-refractivity contribution in [2.45, 2.75) is 5.41 Å². The van der Waals surface area contributed by atoms with E-state index in [1.807, 2.05) is 17.4 Å². The maximum Gasteiger partial charge on any atom is 0.160 e. The second kappa shape index (κ2) is 12.0. The number of hydrogen-bond donors (Lipinski definition) is 0. The molecule has 3 heteroatoms. The molecule has 10 aromatic rings. The molecular weight excluding hydrogens is 697 g/mol. The van der Waals surface area contributed by atoms with Crippen LogP contribution >= 0.6 is 11.3 Å². The van der Waals surface area contributed by atoms with Crippen LogP contribution in [0.3, 0.4) is 0 Å². The summed E-state index contributed by atoms with van der Waals surface area (Å²) in [6.07, 6.45) is 0. The summed E-state index contributed by atoms with van der Waals surface area (Å²) in [7, 11) is 0. The fourth-order valence-corrected chi connectivity index (χ4v) is 10.8. The van der Waals surface area contributed by atoms with Crippen LogP contribution in [0.1, 0.15) is 22.3 Å². The summed E-state index contributed by atoms with van der Waals surface area (Å²) in [4.78, 5) is 10.4. The monoisotopic (exact) mass is 728 g/mol. The lowest BCUT2D eigenvalue weighted by Gasteiger charge is -2.35. The Morgan fingerprint density at radius 1 is 0.357 bits per heavy atom. The van der Waals surface area contributed by atoms with E-state index in [1.165, 1.54) is 75.8 Å². The Balaban J connectivity index is 1.22. The fourth-order valence-electron chi connectivity index (χ4n) is 9.58. The largest absolute Gasteiger partial charge is 0.228 e. The molecule has 0 saturated carbocycles. The Morgan fingerprint density at radius 2 is 0.929 bits per heavy atom. The number of thiophene rings is 1. The second-order valence-corrected chi connectivity index (χ2v) is 15.9. The van der Waals surface area contributed by atoms with Crippen molar-refractivity contribution >= 4 is 31.5 Å².